The first-order valence-corrected chi connectivity index (χ1v) is 6.60. The van der Waals surface area contributed by atoms with Crippen LogP contribution in [0.15, 0.2) is 29.1 Å². The number of halogens is 1. The Bertz CT molecular complexity index is 700. The van der Waals surface area contributed by atoms with Gasteiger partial charge in [-0.05, 0) is 37.1 Å². The van der Waals surface area contributed by atoms with Gasteiger partial charge in [0.1, 0.15) is 18.2 Å². The van der Waals surface area contributed by atoms with Gasteiger partial charge in [0.25, 0.3) is 0 Å². The molecule has 1 aromatic carbocycles. The van der Waals surface area contributed by atoms with Crippen molar-refractivity contribution in [1.29, 1.82) is 0 Å². The van der Waals surface area contributed by atoms with Gasteiger partial charge in [-0.25, -0.2) is 13.9 Å². The fourth-order valence-electron chi connectivity index (χ4n) is 2.41. The van der Waals surface area contributed by atoms with Gasteiger partial charge in [0.2, 0.25) is 0 Å². The molecule has 0 radical (unpaired) electrons. The molecular weight excluding hydrogens is 261 g/mol. The smallest absolute Gasteiger partial charge is 0.292 e. The molecule has 3 rings (SSSR count). The summed E-state index contributed by atoms with van der Waals surface area (Å²) in [6.45, 7) is 0.559. The number of aromatic nitrogens is 3. The quantitative estimate of drug-likeness (QED) is 0.796. The standard InChI is InChI=1S/C14H14FN3O2/c15-11-6-4-10(5-7-11)12(19)9-18-14(20)17-8-2-1-3-13(17)16-18/h4-7H,1-3,8-9H2. The van der Waals surface area contributed by atoms with Crippen LogP contribution >= 0.6 is 0 Å². The molecule has 0 bridgehead atoms. The van der Waals surface area contributed by atoms with Crippen LogP contribution in [0.2, 0.25) is 0 Å². The zero-order chi connectivity index (χ0) is 14.1. The van der Waals surface area contributed by atoms with Crippen LogP contribution in [0.4, 0.5) is 4.39 Å². The van der Waals surface area contributed by atoms with Gasteiger partial charge < -0.3 is 0 Å². The second kappa shape index (κ2) is 5.03. The summed E-state index contributed by atoms with van der Waals surface area (Å²) in [6, 6.07) is 5.29. The van der Waals surface area contributed by atoms with Crippen molar-refractivity contribution in [3.8, 4) is 0 Å². The Kier molecular flexibility index (Phi) is 3.22. The largest absolute Gasteiger partial charge is 0.346 e. The second-order valence-corrected chi connectivity index (χ2v) is 4.90. The van der Waals surface area contributed by atoms with Crippen LogP contribution in [-0.2, 0) is 19.5 Å². The van der Waals surface area contributed by atoms with Crippen LogP contribution in [0.5, 0.6) is 0 Å². The number of nitrogens with zero attached hydrogens (tertiary/aromatic N) is 3. The van der Waals surface area contributed by atoms with Crippen molar-refractivity contribution in [3.05, 3.63) is 52.0 Å². The average molecular weight is 275 g/mol. The summed E-state index contributed by atoms with van der Waals surface area (Å²) in [7, 11) is 0. The number of rotatable bonds is 3. The first-order valence-electron chi connectivity index (χ1n) is 6.60. The molecule has 0 saturated heterocycles. The van der Waals surface area contributed by atoms with E-state index in [0.717, 1.165) is 25.1 Å². The van der Waals surface area contributed by atoms with Gasteiger partial charge in [0, 0.05) is 18.5 Å². The van der Waals surface area contributed by atoms with Crippen molar-refractivity contribution in [3.63, 3.8) is 0 Å². The third kappa shape index (κ3) is 2.29. The minimum atomic E-state index is -0.392. The first-order chi connectivity index (χ1) is 9.65. The fraction of sp³-hybridized carbons (Fsp3) is 0.357. The van der Waals surface area contributed by atoms with Crippen molar-refractivity contribution >= 4 is 5.78 Å². The zero-order valence-corrected chi connectivity index (χ0v) is 10.9. The summed E-state index contributed by atoms with van der Waals surface area (Å²) in [5.74, 6) is 0.104. The van der Waals surface area contributed by atoms with Crippen molar-refractivity contribution < 1.29 is 9.18 Å². The molecule has 2 aromatic rings. The van der Waals surface area contributed by atoms with E-state index in [9.17, 15) is 14.0 Å². The maximum atomic E-state index is 12.8. The number of carbonyl (C=O) groups excluding carboxylic acids is 1. The molecule has 6 heteroatoms. The lowest BCUT2D eigenvalue weighted by atomic mass is 10.1. The SMILES string of the molecule is O=C(Cn1nc2n(c1=O)CCCC2)c1ccc(F)cc1. The molecule has 0 amide bonds. The molecule has 0 aliphatic carbocycles. The van der Waals surface area contributed by atoms with Gasteiger partial charge in [-0.2, -0.15) is 5.10 Å². The first kappa shape index (κ1) is 12.8. The summed E-state index contributed by atoms with van der Waals surface area (Å²) in [6.07, 6.45) is 2.75. The normalized spacial score (nSPS) is 14.1. The number of carbonyl (C=O) groups is 1. The van der Waals surface area contributed by atoms with Gasteiger partial charge in [-0.1, -0.05) is 0 Å². The Labute approximate surface area is 114 Å². The van der Waals surface area contributed by atoms with E-state index in [-0.39, 0.29) is 18.0 Å². The highest BCUT2D eigenvalue weighted by molar-refractivity contribution is 5.95. The molecule has 104 valence electrons. The molecule has 20 heavy (non-hydrogen) atoms. The van der Waals surface area contributed by atoms with Gasteiger partial charge in [0.05, 0.1) is 0 Å². The van der Waals surface area contributed by atoms with E-state index in [0.29, 0.717) is 12.1 Å². The van der Waals surface area contributed by atoms with Crippen molar-refractivity contribution in [2.75, 3.05) is 0 Å². The third-order valence-electron chi connectivity index (χ3n) is 3.49. The second-order valence-electron chi connectivity index (χ2n) is 4.90. The topological polar surface area (TPSA) is 56.9 Å². The molecule has 1 aliphatic rings. The maximum absolute atomic E-state index is 12.8. The number of aryl methyl sites for hydroxylation is 1. The molecule has 0 fully saturated rings. The lowest BCUT2D eigenvalue weighted by Crippen LogP contribution is -2.29. The Hall–Kier alpha value is -2.24. The Morgan fingerprint density at radius 2 is 2.00 bits per heavy atom. The van der Waals surface area contributed by atoms with E-state index in [1.165, 1.54) is 28.9 Å². The third-order valence-corrected chi connectivity index (χ3v) is 3.49. The molecule has 0 saturated carbocycles. The molecule has 1 aromatic heterocycles. The predicted molar refractivity (Wildman–Crippen MR) is 70.2 cm³/mol. The van der Waals surface area contributed by atoms with Gasteiger partial charge in [-0.3, -0.25) is 9.36 Å². The number of benzene rings is 1. The summed E-state index contributed by atoms with van der Waals surface area (Å²) in [4.78, 5) is 24.1. The lowest BCUT2D eigenvalue weighted by Gasteiger charge is -2.09. The fourth-order valence-corrected chi connectivity index (χ4v) is 2.41. The van der Waals surface area contributed by atoms with Crippen molar-refractivity contribution in [1.82, 2.24) is 14.3 Å². The van der Waals surface area contributed by atoms with E-state index in [2.05, 4.69) is 5.10 Å². The van der Waals surface area contributed by atoms with Crippen LogP contribution < -0.4 is 5.69 Å². The number of hydrogen-bond acceptors (Lipinski definition) is 3. The Morgan fingerprint density at radius 3 is 2.70 bits per heavy atom. The van der Waals surface area contributed by atoms with E-state index >= 15 is 0 Å². The highest BCUT2D eigenvalue weighted by Crippen LogP contribution is 2.10. The monoisotopic (exact) mass is 275 g/mol. The van der Waals surface area contributed by atoms with Crippen LogP contribution in [0, 0.1) is 5.82 Å². The van der Waals surface area contributed by atoms with Gasteiger partial charge >= 0.3 is 5.69 Å². The van der Waals surface area contributed by atoms with Crippen LogP contribution in [0.25, 0.3) is 0 Å². The van der Waals surface area contributed by atoms with Crippen molar-refractivity contribution in [2.24, 2.45) is 0 Å². The molecule has 5 nitrogen and oxygen atoms in total. The average Bonchev–Trinajstić information content (AvgIpc) is 2.77. The van der Waals surface area contributed by atoms with Crippen molar-refractivity contribution in [2.45, 2.75) is 32.4 Å². The van der Waals surface area contributed by atoms with E-state index < -0.39 is 5.82 Å². The number of fused-ring (bicyclic) bond motifs is 1. The zero-order valence-electron chi connectivity index (χ0n) is 10.9. The highest BCUT2D eigenvalue weighted by atomic mass is 19.1. The molecule has 0 N–H and O–H groups in total. The number of hydrogen-bond donors (Lipinski definition) is 0. The molecule has 0 unspecified atom stereocenters. The summed E-state index contributed by atoms with van der Waals surface area (Å²) in [5, 5.41) is 4.21. The molecule has 0 spiro atoms. The molecule has 2 heterocycles. The van der Waals surface area contributed by atoms with E-state index in [1.807, 2.05) is 0 Å². The summed E-state index contributed by atoms with van der Waals surface area (Å²) in [5.41, 5.74) is 0.138. The van der Waals surface area contributed by atoms with Crippen LogP contribution in [0.1, 0.15) is 29.0 Å². The summed E-state index contributed by atoms with van der Waals surface area (Å²) >= 11 is 0. The Morgan fingerprint density at radius 1 is 1.25 bits per heavy atom. The van der Waals surface area contributed by atoms with Crippen LogP contribution in [0.3, 0.4) is 0 Å². The summed E-state index contributed by atoms with van der Waals surface area (Å²) < 4.78 is 15.6. The van der Waals surface area contributed by atoms with E-state index in [1.54, 1.807) is 4.57 Å². The van der Waals surface area contributed by atoms with Gasteiger partial charge in [0.15, 0.2) is 5.78 Å². The number of Topliss-reactive ketones (excluding diaryl/α,β-unsaturated/α-hetero) is 1. The molecular formula is C14H14FN3O2. The highest BCUT2D eigenvalue weighted by Gasteiger charge is 2.18. The van der Waals surface area contributed by atoms with Crippen LogP contribution in [-0.4, -0.2) is 20.1 Å². The molecule has 0 atom stereocenters. The minimum Gasteiger partial charge on any atom is -0.292 e. The van der Waals surface area contributed by atoms with E-state index in [4.69, 9.17) is 0 Å². The predicted octanol–water partition coefficient (Wildman–Crippen LogP) is 1.40. The lowest BCUT2D eigenvalue weighted by molar-refractivity contribution is 0.0966. The Balaban J connectivity index is 1.84. The van der Waals surface area contributed by atoms with Gasteiger partial charge in [-0.15, -0.1) is 0 Å². The molecule has 1 aliphatic heterocycles. The maximum Gasteiger partial charge on any atom is 0.346 e. The minimum absolute atomic E-state index is 0.107. The number of ketones is 1.